The van der Waals surface area contributed by atoms with Gasteiger partial charge >= 0.3 is 5.97 Å². The molecular weight excluding hydrogens is 506 g/mol. The number of amidine groups is 1. The fourth-order valence-electron chi connectivity index (χ4n) is 4.81. The van der Waals surface area contributed by atoms with E-state index in [-0.39, 0.29) is 12.0 Å². The summed E-state index contributed by atoms with van der Waals surface area (Å²) in [6.45, 7) is 2.41. The Morgan fingerprint density at radius 1 is 1.10 bits per heavy atom. The highest BCUT2D eigenvalue weighted by Gasteiger charge is 2.22. The smallest absolute Gasteiger partial charge is 0.335 e. The predicted molar refractivity (Wildman–Crippen MR) is 156 cm³/mol. The second-order valence-corrected chi connectivity index (χ2v) is 10.0. The van der Waals surface area contributed by atoms with Crippen molar-refractivity contribution in [3.63, 3.8) is 0 Å². The minimum Gasteiger partial charge on any atom is -0.478 e. The topological polar surface area (TPSA) is 116 Å². The van der Waals surface area contributed by atoms with E-state index < -0.39 is 5.97 Å². The number of carbonyl (C=O) groups excluding carboxylic acids is 1. The molecule has 3 aliphatic rings. The maximum absolute atomic E-state index is 12.9. The number of amides is 1. The number of aromatic nitrogens is 1. The van der Waals surface area contributed by atoms with Gasteiger partial charge in [-0.05, 0) is 68.0 Å². The third-order valence-corrected chi connectivity index (χ3v) is 7.10. The minimum atomic E-state index is -0.902. The quantitative estimate of drug-likeness (QED) is 0.481. The van der Waals surface area contributed by atoms with Crippen LogP contribution < -0.4 is 10.2 Å². The normalized spacial score (nSPS) is 20.6. The van der Waals surface area contributed by atoms with Crippen LogP contribution in [-0.2, 0) is 14.3 Å². The molecule has 2 N–H and O–H groups in total. The molecule has 0 saturated carbocycles. The number of aliphatic carboxylic acids is 1. The van der Waals surface area contributed by atoms with Gasteiger partial charge < -0.3 is 20.1 Å². The van der Waals surface area contributed by atoms with Crippen molar-refractivity contribution in [1.82, 2.24) is 4.98 Å². The molecule has 3 heterocycles. The Morgan fingerprint density at radius 3 is 2.62 bits per heavy atom. The van der Waals surface area contributed by atoms with Crippen LogP contribution in [0.2, 0.25) is 0 Å². The summed E-state index contributed by atoms with van der Waals surface area (Å²) in [5.41, 5.74) is 2.07. The number of rotatable bonds is 8. The van der Waals surface area contributed by atoms with Crippen molar-refractivity contribution >= 4 is 40.6 Å². The van der Waals surface area contributed by atoms with Crippen LogP contribution in [0.3, 0.4) is 0 Å². The van der Waals surface area contributed by atoms with Gasteiger partial charge in [0.2, 0.25) is 0 Å². The highest BCUT2D eigenvalue weighted by molar-refractivity contribution is 6.48. The number of carboxylic acids is 1. The maximum atomic E-state index is 12.9. The standard InChI is InChI=1S/C31H33N5O4/c37-30(27-8-4-5-9-28(35-27)33-24-6-2-1-3-7-24)34-25-12-15-29(32-20-25)36-18-16-22(17-19-36)21-40-26-13-10-23(11-14-26)31(38)39/h1-4,6-8,10-13,15,20,22,26H,5,9,14,16-19,21H2,(H,34,37)(H,38,39). The van der Waals surface area contributed by atoms with Crippen molar-refractivity contribution < 1.29 is 19.4 Å². The number of nitrogens with zero attached hydrogens (tertiary/aromatic N) is 4. The molecule has 5 rings (SSSR count). The number of carboxylic acid groups (broad SMARTS) is 1. The number of para-hydroxylation sites is 1. The summed E-state index contributed by atoms with van der Waals surface area (Å²) >= 11 is 0. The van der Waals surface area contributed by atoms with Crippen LogP contribution in [0.15, 0.2) is 94.6 Å². The number of aliphatic imine (C=N–C) groups is 2. The van der Waals surface area contributed by atoms with Gasteiger partial charge in [0, 0.05) is 19.5 Å². The van der Waals surface area contributed by atoms with Crippen LogP contribution in [0, 0.1) is 5.92 Å². The Labute approximate surface area is 233 Å². The highest BCUT2D eigenvalue weighted by atomic mass is 16.5. The van der Waals surface area contributed by atoms with Crippen LogP contribution in [0.4, 0.5) is 17.2 Å². The number of carbonyl (C=O) groups is 2. The molecule has 9 nitrogen and oxygen atoms in total. The lowest BCUT2D eigenvalue weighted by atomic mass is 9.97. The number of hydrogen-bond acceptors (Lipinski definition) is 6. The van der Waals surface area contributed by atoms with Crippen LogP contribution in [-0.4, -0.2) is 59.3 Å². The fourth-order valence-corrected chi connectivity index (χ4v) is 4.81. The van der Waals surface area contributed by atoms with Gasteiger partial charge in [0.25, 0.3) is 5.91 Å². The number of ether oxygens (including phenoxy) is 1. The summed E-state index contributed by atoms with van der Waals surface area (Å²) in [6.07, 6.45) is 14.5. The SMILES string of the molecule is O=C(O)C1=CCC(OCC2CCN(c3ccc(NC(=O)C4=NC(=Nc5ccccc5)CCC=C4)cn3)CC2)C=C1. The molecule has 1 saturated heterocycles. The molecule has 1 atom stereocenters. The summed E-state index contributed by atoms with van der Waals surface area (Å²) in [5.74, 6) is 0.764. The molecule has 2 aromatic rings. The van der Waals surface area contributed by atoms with Crippen molar-refractivity contribution in [3.05, 3.63) is 84.6 Å². The Bertz CT molecular complexity index is 1350. The van der Waals surface area contributed by atoms with E-state index in [9.17, 15) is 9.59 Å². The van der Waals surface area contributed by atoms with E-state index in [0.717, 1.165) is 43.9 Å². The molecule has 0 radical (unpaired) electrons. The first kappa shape index (κ1) is 27.2. The molecule has 0 bridgehead atoms. The Hall–Kier alpha value is -4.37. The first-order chi connectivity index (χ1) is 19.5. The number of benzene rings is 1. The molecule has 40 heavy (non-hydrogen) atoms. The van der Waals surface area contributed by atoms with E-state index in [1.54, 1.807) is 24.4 Å². The summed E-state index contributed by atoms with van der Waals surface area (Å²) in [5, 5.41) is 11.9. The first-order valence-corrected chi connectivity index (χ1v) is 13.7. The van der Waals surface area contributed by atoms with Crippen LogP contribution >= 0.6 is 0 Å². The Morgan fingerprint density at radius 2 is 1.93 bits per heavy atom. The van der Waals surface area contributed by atoms with Crippen molar-refractivity contribution in [2.75, 3.05) is 29.9 Å². The van der Waals surface area contributed by atoms with Gasteiger partial charge in [-0.2, -0.15) is 0 Å². The van der Waals surface area contributed by atoms with Gasteiger partial charge in [-0.15, -0.1) is 0 Å². The summed E-state index contributed by atoms with van der Waals surface area (Å²) in [7, 11) is 0. The van der Waals surface area contributed by atoms with Crippen molar-refractivity contribution in [3.8, 4) is 0 Å². The Balaban J connectivity index is 1.10. The number of nitrogens with one attached hydrogen (secondary N) is 1. The second kappa shape index (κ2) is 13.1. The monoisotopic (exact) mass is 539 g/mol. The lowest BCUT2D eigenvalue weighted by Crippen LogP contribution is -2.36. The van der Waals surface area contributed by atoms with Crippen molar-refractivity contribution in [2.24, 2.45) is 15.9 Å². The summed E-state index contributed by atoms with van der Waals surface area (Å²) < 4.78 is 6.02. The van der Waals surface area contributed by atoms with E-state index in [0.29, 0.717) is 48.2 Å². The molecule has 206 valence electrons. The molecular formula is C31H33N5O4. The van der Waals surface area contributed by atoms with Gasteiger partial charge in [0.05, 0.1) is 35.9 Å². The fraction of sp³-hybridized carbons (Fsp3) is 0.323. The van der Waals surface area contributed by atoms with Crippen molar-refractivity contribution in [2.45, 2.75) is 38.2 Å². The number of hydrogen-bond donors (Lipinski definition) is 2. The average molecular weight is 540 g/mol. The Kier molecular flexibility index (Phi) is 8.93. The molecule has 1 aromatic heterocycles. The largest absolute Gasteiger partial charge is 0.478 e. The zero-order chi connectivity index (χ0) is 27.7. The number of piperidine rings is 1. The molecule has 1 amide bonds. The van der Waals surface area contributed by atoms with E-state index in [2.05, 4.69) is 25.2 Å². The van der Waals surface area contributed by atoms with E-state index in [1.165, 1.54) is 0 Å². The zero-order valence-electron chi connectivity index (χ0n) is 22.3. The molecule has 1 unspecified atom stereocenters. The first-order valence-electron chi connectivity index (χ1n) is 13.7. The average Bonchev–Trinajstić information content (AvgIpc) is 3.23. The number of pyridine rings is 1. The van der Waals surface area contributed by atoms with Crippen LogP contribution in [0.5, 0.6) is 0 Å². The molecule has 0 spiro atoms. The van der Waals surface area contributed by atoms with Gasteiger partial charge in [-0.3, -0.25) is 4.79 Å². The summed E-state index contributed by atoms with van der Waals surface area (Å²) in [6, 6.07) is 13.4. The maximum Gasteiger partial charge on any atom is 0.335 e. The molecule has 2 aliphatic heterocycles. The number of allylic oxidation sites excluding steroid dienone is 1. The van der Waals surface area contributed by atoms with E-state index in [4.69, 9.17) is 9.84 Å². The third-order valence-electron chi connectivity index (χ3n) is 7.10. The second-order valence-electron chi connectivity index (χ2n) is 10.0. The lowest BCUT2D eigenvalue weighted by molar-refractivity contribution is -0.132. The van der Waals surface area contributed by atoms with Gasteiger partial charge in [-0.1, -0.05) is 36.4 Å². The highest BCUT2D eigenvalue weighted by Crippen LogP contribution is 2.24. The molecule has 1 aliphatic carbocycles. The lowest BCUT2D eigenvalue weighted by Gasteiger charge is -2.33. The van der Waals surface area contributed by atoms with Crippen molar-refractivity contribution in [1.29, 1.82) is 0 Å². The van der Waals surface area contributed by atoms with Gasteiger partial charge in [0.15, 0.2) is 0 Å². The molecule has 1 aromatic carbocycles. The number of anilines is 2. The van der Waals surface area contributed by atoms with E-state index >= 15 is 0 Å². The summed E-state index contributed by atoms with van der Waals surface area (Å²) in [4.78, 5) is 39.9. The minimum absolute atomic E-state index is 0.0623. The van der Waals surface area contributed by atoms with Crippen LogP contribution in [0.25, 0.3) is 0 Å². The third kappa shape index (κ3) is 7.39. The van der Waals surface area contributed by atoms with E-state index in [1.807, 2.05) is 54.6 Å². The van der Waals surface area contributed by atoms with Gasteiger partial charge in [-0.25, -0.2) is 19.8 Å². The van der Waals surface area contributed by atoms with Gasteiger partial charge in [0.1, 0.15) is 17.4 Å². The molecule has 9 heteroatoms. The molecule has 1 fully saturated rings. The zero-order valence-corrected chi connectivity index (χ0v) is 22.3. The predicted octanol–water partition coefficient (Wildman–Crippen LogP) is 5.11. The van der Waals surface area contributed by atoms with Crippen LogP contribution in [0.1, 0.15) is 32.1 Å².